The summed E-state index contributed by atoms with van der Waals surface area (Å²) in [5.41, 5.74) is 0. The van der Waals surface area contributed by atoms with Crippen molar-refractivity contribution in [2.75, 3.05) is 19.7 Å². The molecule has 1 saturated heterocycles. The predicted molar refractivity (Wildman–Crippen MR) is 46.9 cm³/mol. The second kappa shape index (κ2) is 4.45. The van der Waals surface area contributed by atoms with Crippen LogP contribution in [0.15, 0.2) is 0 Å². The average Bonchev–Trinajstić information content (AvgIpc) is 2.47. The van der Waals surface area contributed by atoms with E-state index in [1.54, 1.807) is 0 Å². The highest BCUT2D eigenvalue weighted by atomic mass is 16.5. The van der Waals surface area contributed by atoms with E-state index in [-0.39, 0.29) is 5.97 Å². The van der Waals surface area contributed by atoms with Gasteiger partial charge in [-0.15, -0.1) is 0 Å². The molecule has 0 bridgehead atoms. The normalized spacial score (nSPS) is 24.3. The van der Waals surface area contributed by atoms with Crippen LogP contribution in [0.3, 0.4) is 0 Å². The Morgan fingerprint density at radius 1 is 1.67 bits per heavy atom. The maximum absolute atomic E-state index is 10.6. The van der Waals surface area contributed by atoms with Crippen LogP contribution in [0.25, 0.3) is 0 Å². The van der Waals surface area contributed by atoms with E-state index >= 15 is 0 Å². The number of nitrogens with zero attached hydrogens (tertiary/aromatic N) is 1. The number of carbonyl (C=O) groups excluding carboxylic acids is 1. The molecule has 1 aliphatic rings. The Balaban J connectivity index is 2.26. The van der Waals surface area contributed by atoms with E-state index in [2.05, 4.69) is 11.8 Å². The largest absolute Gasteiger partial charge is 0.464 e. The predicted octanol–water partition coefficient (Wildman–Crippen LogP) is 1.03. The lowest BCUT2D eigenvalue weighted by atomic mass is 10.2. The van der Waals surface area contributed by atoms with E-state index in [0.717, 1.165) is 13.1 Å². The maximum Gasteiger partial charge on any atom is 0.302 e. The molecule has 3 nitrogen and oxygen atoms in total. The number of likely N-dealkylation sites (N-methyl/N-ethyl adjacent to an activating group) is 1. The van der Waals surface area contributed by atoms with Gasteiger partial charge in [-0.3, -0.25) is 9.69 Å². The topological polar surface area (TPSA) is 29.5 Å². The lowest BCUT2D eigenvalue weighted by Gasteiger charge is -2.21. The van der Waals surface area contributed by atoms with Crippen LogP contribution in [-0.4, -0.2) is 36.6 Å². The number of ether oxygens (including phenoxy) is 1. The second-order valence-corrected chi connectivity index (χ2v) is 3.23. The van der Waals surface area contributed by atoms with Gasteiger partial charge in [-0.2, -0.15) is 0 Å². The van der Waals surface area contributed by atoms with Crippen molar-refractivity contribution in [3.63, 3.8) is 0 Å². The van der Waals surface area contributed by atoms with Crippen molar-refractivity contribution in [3.8, 4) is 0 Å². The van der Waals surface area contributed by atoms with Gasteiger partial charge in [0.25, 0.3) is 0 Å². The molecule has 1 rings (SSSR count). The quantitative estimate of drug-likeness (QED) is 0.594. The Labute approximate surface area is 73.7 Å². The van der Waals surface area contributed by atoms with Gasteiger partial charge >= 0.3 is 5.97 Å². The highest BCUT2D eigenvalue weighted by Crippen LogP contribution is 2.16. The van der Waals surface area contributed by atoms with Gasteiger partial charge in [0.2, 0.25) is 0 Å². The number of hydrogen-bond donors (Lipinski definition) is 0. The molecule has 12 heavy (non-hydrogen) atoms. The van der Waals surface area contributed by atoms with Crippen LogP contribution < -0.4 is 0 Å². The van der Waals surface area contributed by atoms with E-state index in [1.165, 1.54) is 19.8 Å². The average molecular weight is 171 g/mol. The zero-order chi connectivity index (χ0) is 8.97. The fourth-order valence-electron chi connectivity index (χ4n) is 1.71. The summed E-state index contributed by atoms with van der Waals surface area (Å²) in [5.74, 6) is -0.169. The van der Waals surface area contributed by atoms with Gasteiger partial charge in [0.1, 0.15) is 6.61 Å². The minimum absolute atomic E-state index is 0.169. The molecule has 0 aromatic carbocycles. The van der Waals surface area contributed by atoms with Crippen LogP contribution in [-0.2, 0) is 9.53 Å². The minimum Gasteiger partial charge on any atom is -0.464 e. The first-order valence-electron chi connectivity index (χ1n) is 4.61. The van der Waals surface area contributed by atoms with Gasteiger partial charge in [0, 0.05) is 13.0 Å². The van der Waals surface area contributed by atoms with Gasteiger partial charge in [-0.05, 0) is 25.9 Å². The van der Waals surface area contributed by atoms with Crippen molar-refractivity contribution in [1.29, 1.82) is 0 Å². The summed E-state index contributed by atoms with van der Waals surface area (Å²) in [7, 11) is 0. The zero-order valence-electron chi connectivity index (χ0n) is 7.88. The highest BCUT2D eigenvalue weighted by molar-refractivity contribution is 5.65. The summed E-state index contributed by atoms with van der Waals surface area (Å²) in [4.78, 5) is 12.9. The van der Waals surface area contributed by atoms with Crippen LogP contribution in [0, 0.1) is 0 Å². The van der Waals surface area contributed by atoms with E-state index < -0.39 is 0 Å². The smallest absolute Gasteiger partial charge is 0.302 e. The van der Waals surface area contributed by atoms with Crippen molar-refractivity contribution in [1.82, 2.24) is 4.90 Å². The van der Waals surface area contributed by atoms with E-state index in [0.29, 0.717) is 12.6 Å². The third kappa shape index (κ3) is 2.48. The Kier molecular flexibility index (Phi) is 3.53. The number of esters is 1. The molecule has 0 N–H and O–H groups in total. The molecule has 1 atom stereocenters. The van der Waals surface area contributed by atoms with Crippen LogP contribution in [0.2, 0.25) is 0 Å². The van der Waals surface area contributed by atoms with Crippen molar-refractivity contribution in [3.05, 3.63) is 0 Å². The molecular weight excluding hydrogens is 154 g/mol. The molecule has 1 unspecified atom stereocenters. The maximum atomic E-state index is 10.6. The fraction of sp³-hybridized carbons (Fsp3) is 0.889. The van der Waals surface area contributed by atoms with Gasteiger partial charge in [-0.25, -0.2) is 0 Å². The van der Waals surface area contributed by atoms with Gasteiger partial charge in [0.15, 0.2) is 0 Å². The Bertz CT molecular complexity index is 159. The first-order valence-corrected chi connectivity index (χ1v) is 4.61. The van der Waals surface area contributed by atoms with Gasteiger partial charge in [0.05, 0.1) is 0 Å². The SMILES string of the molecule is CCN1CCCC1COC(C)=O. The summed E-state index contributed by atoms with van der Waals surface area (Å²) < 4.78 is 4.98. The molecule has 70 valence electrons. The van der Waals surface area contributed by atoms with Crippen LogP contribution in [0.4, 0.5) is 0 Å². The molecule has 0 amide bonds. The molecule has 0 radical (unpaired) electrons. The van der Waals surface area contributed by atoms with E-state index in [4.69, 9.17) is 4.74 Å². The minimum atomic E-state index is -0.169. The number of hydrogen-bond acceptors (Lipinski definition) is 3. The molecule has 0 saturated carbocycles. The van der Waals surface area contributed by atoms with Crippen molar-refractivity contribution < 1.29 is 9.53 Å². The number of carbonyl (C=O) groups is 1. The molecule has 3 heteroatoms. The van der Waals surface area contributed by atoms with Crippen molar-refractivity contribution in [2.45, 2.75) is 32.7 Å². The first-order chi connectivity index (χ1) is 5.74. The number of likely N-dealkylation sites (tertiary alicyclic amines) is 1. The first kappa shape index (κ1) is 9.52. The summed E-state index contributed by atoms with van der Waals surface area (Å²) in [6, 6.07) is 0.471. The molecule has 0 aliphatic carbocycles. The molecule has 0 aromatic heterocycles. The molecule has 0 aromatic rings. The summed E-state index contributed by atoms with van der Waals surface area (Å²) in [6.07, 6.45) is 2.40. The van der Waals surface area contributed by atoms with Crippen molar-refractivity contribution in [2.24, 2.45) is 0 Å². The highest BCUT2D eigenvalue weighted by Gasteiger charge is 2.23. The summed E-state index contributed by atoms with van der Waals surface area (Å²) >= 11 is 0. The Morgan fingerprint density at radius 2 is 2.42 bits per heavy atom. The van der Waals surface area contributed by atoms with E-state index in [9.17, 15) is 4.79 Å². The second-order valence-electron chi connectivity index (χ2n) is 3.23. The lowest BCUT2D eigenvalue weighted by molar-refractivity contribution is -0.142. The summed E-state index contributed by atoms with van der Waals surface area (Å²) in [6.45, 7) is 6.40. The Morgan fingerprint density at radius 3 is 3.00 bits per heavy atom. The van der Waals surface area contributed by atoms with E-state index in [1.807, 2.05) is 0 Å². The molecule has 1 fully saturated rings. The monoisotopic (exact) mass is 171 g/mol. The molecule has 1 heterocycles. The van der Waals surface area contributed by atoms with Crippen LogP contribution in [0.5, 0.6) is 0 Å². The van der Waals surface area contributed by atoms with Gasteiger partial charge in [-0.1, -0.05) is 6.92 Å². The summed E-state index contributed by atoms with van der Waals surface area (Å²) in [5, 5.41) is 0. The molecule has 0 spiro atoms. The Hall–Kier alpha value is -0.570. The van der Waals surface area contributed by atoms with Crippen LogP contribution in [0.1, 0.15) is 26.7 Å². The zero-order valence-corrected chi connectivity index (χ0v) is 7.88. The fourth-order valence-corrected chi connectivity index (χ4v) is 1.71. The lowest BCUT2D eigenvalue weighted by Crippen LogP contribution is -2.33. The third-order valence-electron chi connectivity index (χ3n) is 2.38. The molecule has 1 aliphatic heterocycles. The van der Waals surface area contributed by atoms with Gasteiger partial charge < -0.3 is 4.74 Å². The van der Waals surface area contributed by atoms with Crippen molar-refractivity contribution >= 4 is 5.97 Å². The standard InChI is InChI=1S/C9H17NO2/c1-3-10-6-4-5-9(10)7-12-8(2)11/h9H,3-7H2,1-2H3. The number of rotatable bonds is 3. The molecular formula is C9H17NO2. The van der Waals surface area contributed by atoms with Crippen LogP contribution >= 0.6 is 0 Å². The third-order valence-corrected chi connectivity index (χ3v) is 2.38.